The summed E-state index contributed by atoms with van der Waals surface area (Å²) in [7, 11) is 1.57. The van der Waals surface area contributed by atoms with Gasteiger partial charge in [-0.15, -0.1) is 12.4 Å². The molecule has 0 unspecified atom stereocenters. The number of piperidine rings is 1. The lowest BCUT2D eigenvalue weighted by Gasteiger charge is -2.21. The Morgan fingerprint density at radius 2 is 2.12 bits per heavy atom. The molecule has 94 valence electrons. The molecule has 2 heterocycles. The summed E-state index contributed by atoms with van der Waals surface area (Å²) < 4.78 is 4.96. The minimum atomic E-state index is 0. The van der Waals surface area contributed by atoms with E-state index >= 15 is 0 Å². The summed E-state index contributed by atoms with van der Waals surface area (Å²) in [6.07, 6.45) is 3.44. The summed E-state index contributed by atoms with van der Waals surface area (Å²) in [6.45, 7) is 1.86. The van der Waals surface area contributed by atoms with Gasteiger partial charge in [-0.1, -0.05) is 0 Å². The second kappa shape index (κ2) is 6.57. The summed E-state index contributed by atoms with van der Waals surface area (Å²) >= 11 is 0. The van der Waals surface area contributed by atoms with Crippen molar-refractivity contribution in [1.82, 2.24) is 10.3 Å². The minimum absolute atomic E-state index is 0. The summed E-state index contributed by atoms with van der Waals surface area (Å²) in [5.41, 5.74) is 0.688. The molecule has 5 heteroatoms. The van der Waals surface area contributed by atoms with Gasteiger partial charge in [0.1, 0.15) is 0 Å². The van der Waals surface area contributed by atoms with Crippen molar-refractivity contribution in [3.63, 3.8) is 0 Å². The molecule has 1 saturated heterocycles. The third-order valence-electron chi connectivity index (χ3n) is 2.94. The van der Waals surface area contributed by atoms with Gasteiger partial charge in [0.05, 0.1) is 7.11 Å². The fourth-order valence-electron chi connectivity index (χ4n) is 1.97. The molecule has 1 fully saturated rings. The number of hydrogen-bond acceptors (Lipinski definition) is 4. The van der Waals surface area contributed by atoms with Crippen LogP contribution in [0.2, 0.25) is 0 Å². The zero-order valence-electron chi connectivity index (χ0n) is 9.81. The van der Waals surface area contributed by atoms with Gasteiger partial charge in [0.2, 0.25) is 5.88 Å². The van der Waals surface area contributed by atoms with Crippen LogP contribution in [0.5, 0.6) is 5.88 Å². The molecule has 0 saturated carbocycles. The quantitative estimate of drug-likeness (QED) is 0.837. The molecule has 0 radical (unpaired) electrons. The van der Waals surface area contributed by atoms with Crippen LogP contribution in [0.25, 0.3) is 0 Å². The van der Waals surface area contributed by atoms with E-state index in [-0.39, 0.29) is 24.1 Å². The maximum Gasteiger partial charge on any atom is 0.212 e. The molecule has 17 heavy (non-hydrogen) atoms. The zero-order valence-corrected chi connectivity index (χ0v) is 10.6. The molecule has 0 atom stereocenters. The van der Waals surface area contributed by atoms with E-state index in [4.69, 9.17) is 4.74 Å². The molecule has 1 aromatic heterocycles. The number of nitrogens with one attached hydrogen (secondary N) is 1. The van der Waals surface area contributed by atoms with Gasteiger partial charge in [-0.25, -0.2) is 4.98 Å². The maximum atomic E-state index is 12.1. The molecule has 1 aromatic rings. The van der Waals surface area contributed by atoms with Gasteiger partial charge in [0, 0.05) is 23.7 Å². The number of pyridine rings is 1. The van der Waals surface area contributed by atoms with Gasteiger partial charge in [-0.3, -0.25) is 4.79 Å². The highest BCUT2D eigenvalue weighted by Gasteiger charge is 2.22. The topological polar surface area (TPSA) is 51.2 Å². The lowest BCUT2D eigenvalue weighted by molar-refractivity contribution is 0.0894. The normalized spacial score (nSPS) is 16.1. The highest BCUT2D eigenvalue weighted by Crippen LogP contribution is 2.18. The number of Topliss-reactive ketones (excluding diaryl/α,β-unsaturated/α-hetero) is 1. The van der Waals surface area contributed by atoms with Crippen LogP contribution in [-0.4, -0.2) is 31.0 Å². The predicted molar refractivity (Wildman–Crippen MR) is 68.0 cm³/mol. The van der Waals surface area contributed by atoms with E-state index in [1.165, 1.54) is 0 Å². The number of methoxy groups -OCH3 is 1. The molecular weight excluding hydrogens is 240 g/mol. The Labute approximate surface area is 107 Å². The van der Waals surface area contributed by atoms with Crippen molar-refractivity contribution in [2.45, 2.75) is 12.8 Å². The molecule has 0 aliphatic carbocycles. The van der Waals surface area contributed by atoms with Crippen molar-refractivity contribution in [2.75, 3.05) is 20.2 Å². The number of rotatable bonds is 3. The third-order valence-corrected chi connectivity index (χ3v) is 2.94. The largest absolute Gasteiger partial charge is 0.481 e. The van der Waals surface area contributed by atoms with Crippen molar-refractivity contribution < 1.29 is 9.53 Å². The Bertz CT molecular complexity index is 361. The second-order valence-electron chi connectivity index (χ2n) is 3.98. The second-order valence-corrected chi connectivity index (χ2v) is 3.98. The van der Waals surface area contributed by atoms with Crippen molar-refractivity contribution in [3.05, 3.63) is 23.9 Å². The van der Waals surface area contributed by atoms with E-state index in [9.17, 15) is 4.79 Å². The van der Waals surface area contributed by atoms with E-state index in [1.54, 1.807) is 25.4 Å². The van der Waals surface area contributed by atoms with Crippen LogP contribution in [0.4, 0.5) is 0 Å². The van der Waals surface area contributed by atoms with Crippen molar-refractivity contribution in [3.8, 4) is 5.88 Å². The summed E-state index contributed by atoms with van der Waals surface area (Å²) in [5.74, 6) is 0.898. The molecule has 1 aliphatic heterocycles. The fraction of sp³-hybridized carbons (Fsp3) is 0.500. The summed E-state index contributed by atoms with van der Waals surface area (Å²) in [6, 6.07) is 3.52. The van der Waals surface area contributed by atoms with E-state index in [1.807, 2.05) is 0 Å². The van der Waals surface area contributed by atoms with E-state index in [0.29, 0.717) is 11.4 Å². The first kappa shape index (κ1) is 13.9. The molecule has 1 N–H and O–H groups in total. The smallest absolute Gasteiger partial charge is 0.212 e. The Kier molecular flexibility index (Phi) is 5.38. The number of ketones is 1. The Balaban J connectivity index is 0.00000144. The highest BCUT2D eigenvalue weighted by atomic mass is 35.5. The SMILES string of the molecule is COc1ccc(C(=O)C2CCNCC2)cn1.Cl. The summed E-state index contributed by atoms with van der Waals surface area (Å²) in [4.78, 5) is 16.1. The third kappa shape index (κ3) is 3.41. The number of aromatic nitrogens is 1. The first-order valence-corrected chi connectivity index (χ1v) is 5.56. The van der Waals surface area contributed by atoms with Crippen molar-refractivity contribution in [1.29, 1.82) is 0 Å². The van der Waals surface area contributed by atoms with Crippen LogP contribution >= 0.6 is 12.4 Å². The number of halogens is 1. The minimum Gasteiger partial charge on any atom is -0.481 e. The first-order valence-electron chi connectivity index (χ1n) is 5.56. The van der Waals surface area contributed by atoms with Crippen LogP contribution in [0, 0.1) is 5.92 Å². The van der Waals surface area contributed by atoms with E-state index in [2.05, 4.69) is 10.3 Å². The van der Waals surface area contributed by atoms with E-state index in [0.717, 1.165) is 25.9 Å². The number of nitrogens with zero attached hydrogens (tertiary/aromatic N) is 1. The van der Waals surface area contributed by atoms with Crippen LogP contribution in [0.15, 0.2) is 18.3 Å². The maximum absolute atomic E-state index is 12.1. The molecule has 4 nitrogen and oxygen atoms in total. The van der Waals surface area contributed by atoms with Crippen LogP contribution in [0.3, 0.4) is 0 Å². The monoisotopic (exact) mass is 256 g/mol. The first-order chi connectivity index (χ1) is 7.81. The lowest BCUT2D eigenvalue weighted by Crippen LogP contribution is -2.31. The van der Waals surface area contributed by atoms with Gasteiger partial charge in [-0.05, 0) is 32.0 Å². The molecule has 0 spiro atoms. The van der Waals surface area contributed by atoms with Gasteiger partial charge in [0.25, 0.3) is 0 Å². The van der Waals surface area contributed by atoms with Crippen molar-refractivity contribution in [2.24, 2.45) is 5.92 Å². The Morgan fingerprint density at radius 3 is 2.65 bits per heavy atom. The van der Waals surface area contributed by atoms with Crippen LogP contribution in [-0.2, 0) is 0 Å². The average molecular weight is 257 g/mol. The standard InChI is InChI=1S/C12H16N2O2.ClH/c1-16-11-3-2-10(8-14-11)12(15)9-4-6-13-7-5-9;/h2-3,8-9,13H,4-7H2,1H3;1H. The molecule has 1 aliphatic rings. The predicted octanol–water partition coefficient (Wildman–Crippen LogP) is 1.69. The number of carbonyl (C=O) groups excluding carboxylic acids is 1. The van der Waals surface area contributed by atoms with Crippen molar-refractivity contribution >= 4 is 18.2 Å². The zero-order chi connectivity index (χ0) is 11.4. The Hall–Kier alpha value is -1.13. The Morgan fingerprint density at radius 1 is 1.41 bits per heavy atom. The van der Waals surface area contributed by atoms with Crippen LogP contribution in [0.1, 0.15) is 23.2 Å². The number of ether oxygens (including phenoxy) is 1. The van der Waals surface area contributed by atoms with E-state index < -0.39 is 0 Å². The van der Waals surface area contributed by atoms with Gasteiger partial charge >= 0.3 is 0 Å². The lowest BCUT2D eigenvalue weighted by atomic mass is 9.90. The molecule has 0 aromatic carbocycles. The highest BCUT2D eigenvalue weighted by molar-refractivity contribution is 5.97. The van der Waals surface area contributed by atoms with Gasteiger partial charge < -0.3 is 10.1 Å². The fourth-order valence-corrected chi connectivity index (χ4v) is 1.97. The average Bonchev–Trinajstić information content (AvgIpc) is 2.39. The molecule has 0 amide bonds. The van der Waals surface area contributed by atoms with Crippen LogP contribution < -0.4 is 10.1 Å². The van der Waals surface area contributed by atoms with Gasteiger partial charge in [0.15, 0.2) is 5.78 Å². The van der Waals surface area contributed by atoms with Gasteiger partial charge in [-0.2, -0.15) is 0 Å². The molecular formula is C12H17ClN2O2. The molecule has 2 rings (SSSR count). The summed E-state index contributed by atoms with van der Waals surface area (Å²) in [5, 5.41) is 3.25. The number of carbonyl (C=O) groups is 1. The number of hydrogen-bond donors (Lipinski definition) is 1. The molecule has 0 bridgehead atoms.